The number of ether oxygens (including phenoxy) is 1. The maximum Gasteiger partial charge on any atom is 0.271 e. The molecule has 0 unspecified atom stereocenters. The first-order valence-electron chi connectivity index (χ1n) is 9.61. The molecule has 1 aliphatic heterocycles. The third kappa shape index (κ3) is 4.60. The van der Waals surface area contributed by atoms with Gasteiger partial charge in [0, 0.05) is 36.3 Å². The van der Waals surface area contributed by atoms with E-state index in [2.05, 4.69) is 15.6 Å². The number of nitrogens with one attached hydrogen (secondary N) is 2. The number of carbonyl (C=O) groups excluding carboxylic acids is 2. The number of aromatic nitrogens is 1. The summed E-state index contributed by atoms with van der Waals surface area (Å²) in [6.07, 6.45) is 0. The van der Waals surface area contributed by atoms with Crippen LogP contribution in [0.5, 0.6) is 5.75 Å². The zero-order chi connectivity index (χ0) is 20.9. The average Bonchev–Trinajstić information content (AvgIpc) is 3.28. The molecule has 8 heteroatoms. The Kier molecular flexibility index (Phi) is 5.94. The lowest BCUT2D eigenvalue weighted by atomic mass is 10.2. The van der Waals surface area contributed by atoms with Crippen molar-refractivity contribution in [3.63, 3.8) is 0 Å². The minimum atomic E-state index is -0.206. The number of hydrogen-bond acceptors (Lipinski definition) is 6. The van der Waals surface area contributed by atoms with E-state index in [9.17, 15) is 9.59 Å². The number of thiazole rings is 1. The standard InChI is InChI=1S/C22H22N4O3S/c1-29-18-8-4-16(5-9-18)22-25-19(14-30-22)21(28)24-12-15-2-6-17(7-3-15)26-11-10-23-20(27)13-26/h2-9,14H,10-13H2,1H3,(H,23,27)(H,24,28). The molecule has 2 aromatic carbocycles. The highest BCUT2D eigenvalue weighted by molar-refractivity contribution is 7.13. The van der Waals surface area contributed by atoms with Gasteiger partial charge in [-0.15, -0.1) is 11.3 Å². The van der Waals surface area contributed by atoms with Crippen LogP contribution in [-0.2, 0) is 11.3 Å². The van der Waals surface area contributed by atoms with Crippen molar-refractivity contribution in [2.75, 3.05) is 31.6 Å². The summed E-state index contributed by atoms with van der Waals surface area (Å²) >= 11 is 1.43. The van der Waals surface area contributed by atoms with Crippen LogP contribution in [0.4, 0.5) is 5.69 Å². The van der Waals surface area contributed by atoms with Crippen molar-refractivity contribution in [3.8, 4) is 16.3 Å². The highest BCUT2D eigenvalue weighted by Gasteiger charge is 2.16. The van der Waals surface area contributed by atoms with Crippen LogP contribution in [0.25, 0.3) is 10.6 Å². The lowest BCUT2D eigenvalue weighted by Crippen LogP contribution is -2.47. The Morgan fingerprint density at radius 3 is 2.67 bits per heavy atom. The van der Waals surface area contributed by atoms with Crippen LogP contribution in [0.1, 0.15) is 16.1 Å². The quantitative estimate of drug-likeness (QED) is 0.638. The monoisotopic (exact) mass is 422 g/mol. The summed E-state index contributed by atoms with van der Waals surface area (Å²) < 4.78 is 5.17. The molecule has 1 saturated heterocycles. The smallest absolute Gasteiger partial charge is 0.271 e. The summed E-state index contributed by atoms with van der Waals surface area (Å²) in [4.78, 5) is 30.5. The van der Waals surface area contributed by atoms with E-state index in [0.29, 0.717) is 25.3 Å². The Morgan fingerprint density at radius 2 is 1.97 bits per heavy atom. The van der Waals surface area contributed by atoms with Crippen molar-refractivity contribution >= 4 is 28.8 Å². The average molecular weight is 423 g/mol. The molecule has 30 heavy (non-hydrogen) atoms. The summed E-state index contributed by atoms with van der Waals surface area (Å²) in [6.45, 7) is 2.23. The molecule has 1 fully saturated rings. The first-order chi connectivity index (χ1) is 14.6. The number of benzene rings is 2. The molecule has 2 N–H and O–H groups in total. The van der Waals surface area contributed by atoms with E-state index >= 15 is 0 Å². The zero-order valence-corrected chi connectivity index (χ0v) is 17.4. The third-order valence-electron chi connectivity index (χ3n) is 4.87. The summed E-state index contributed by atoms with van der Waals surface area (Å²) in [7, 11) is 1.63. The maximum atomic E-state index is 12.5. The first kappa shape index (κ1) is 19.9. The van der Waals surface area contributed by atoms with Crippen molar-refractivity contribution in [2.45, 2.75) is 6.54 Å². The van der Waals surface area contributed by atoms with Gasteiger partial charge in [-0.25, -0.2) is 4.98 Å². The van der Waals surface area contributed by atoms with Crippen LogP contribution < -0.4 is 20.3 Å². The van der Waals surface area contributed by atoms with E-state index in [4.69, 9.17) is 4.74 Å². The largest absolute Gasteiger partial charge is 0.497 e. The molecule has 7 nitrogen and oxygen atoms in total. The van der Waals surface area contributed by atoms with Crippen molar-refractivity contribution < 1.29 is 14.3 Å². The van der Waals surface area contributed by atoms with Crippen LogP contribution in [-0.4, -0.2) is 43.5 Å². The number of piperazine rings is 1. The lowest BCUT2D eigenvalue weighted by molar-refractivity contribution is -0.120. The Labute approximate surface area is 178 Å². The van der Waals surface area contributed by atoms with Gasteiger partial charge in [-0.2, -0.15) is 0 Å². The molecule has 2 heterocycles. The van der Waals surface area contributed by atoms with Gasteiger partial charge in [0.25, 0.3) is 5.91 Å². The Hall–Kier alpha value is -3.39. The Balaban J connectivity index is 1.34. The maximum absolute atomic E-state index is 12.5. The van der Waals surface area contributed by atoms with Crippen molar-refractivity contribution in [1.29, 1.82) is 0 Å². The van der Waals surface area contributed by atoms with Crippen LogP contribution in [0.3, 0.4) is 0 Å². The second kappa shape index (κ2) is 8.96. The molecule has 0 bridgehead atoms. The fourth-order valence-electron chi connectivity index (χ4n) is 3.20. The molecule has 0 radical (unpaired) electrons. The number of methoxy groups -OCH3 is 1. The third-order valence-corrected chi connectivity index (χ3v) is 5.76. The number of rotatable bonds is 6. The van der Waals surface area contributed by atoms with E-state index < -0.39 is 0 Å². The van der Waals surface area contributed by atoms with Crippen LogP contribution in [0.2, 0.25) is 0 Å². The zero-order valence-electron chi connectivity index (χ0n) is 16.6. The van der Waals surface area contributed by atoms with Crippen LogP contribution in [0.15, 0.2) is 53.9 Å². The van der Waals surface area contributed by atoms with E-state index in [1.54, 1.807) is 12.5 Å². The van der Waals surface area contributed by atoms with Gasteiger partial charge in [0.1, 0.15) is 16.5 Å². The van der Waals surface area contributed by atoms with Crippen molar-refractivity contribution in [2.24, 2.45) is 0 Å². The van der Waals surface area contributed by atoms with Gasteiger partial charge in [0.15, 0.2) is 0 Å². The van der Waals surface area contributed by atoms with Gasteiger partial charge in [-0.05, 0) is 42.0 Å². The van der Waals surface area contributed by atoms with Gasteiger partial charge >= 0.3 is 0 Å². The molecular formula is C22H22N4O3S. The number of amides is 2. The van der Waals surface area contributed by atoms with Gasteiger partial charge in [-0.1, -0.05) is 12.1 Å². The molecule has 0 atom stereocenters. The second-order valence-electron chi connectivity index (χ2n) is 6.89. The van der Waals surface area contributed by atoms with E-state index in [0.717, 1.165) is 34.1 Å². The predicted molar refractivity (Wildman–Crippen MR) is 117 cm³/mol. The molecule has 3 aromatic rings. The summed E-state index contributed by atoms with van der Waals surface area (Å²) in [5.41, 5.74) is 3.34. The normalized spacial score (nSPS) is 13.6. The lowest BCUT2D eigenvalue weighted by Gasteiger charge is -2.28. The van der Waals surface area contributed by atoms with Crippen LogP contribution >= 0.6 is 11.3 Å². The number of anilines is 1. The van der Waals surface area contributed by atoms with Gasteiger partial charge in [0.05, 0.1) is 13.7 Å². The van der Waals surface area contributed by atoms with Crippen molar-refractivity contribution in [3.05, 3.63) is 65.2 Å². The van der Waals surface area contributed by atoms with Gasteiger partial charge in [-0.3, -0.25) is 9.59 Å². The highest BCUT2D eigenvalue weighted by atomic mass is 32.1. The van der Waals surface area contributed by atoms with Gasteiger partial charge < -0.3 is 20.3 Å². The minimum Gasteiger partial charge on any atom is -0.497 e. The van der Waals surface area contributed by atoms with E-state index in [-0.39, 0.29) is 11.8 Å². The van der Waals surface area contributed by atoms with Gasteiger partial charge in [0.2, 0.25) is 5.91 Å². The molecule has 1 aliphatic rings. The number of nitrogens with zero attached hydrogens (tertiary/aromatic N) is 2. The molecule has 154 valence electrons. The predicted octanol–water partition coefficient (Wildman–Crippen LogP) is 2.68. The summed E-state index contributed by atoms with van der Waals surface area (Å²) in [5, 5.41) is 8.28. The highest BCUT2D eigenvalue weighted by Crippen LogP contribution is 2.25. The topological polar surface area (TPSA) is 83.6 Å². The summed E-state index contributed by atoms with van der Waals surface area (Å²) in [5.74, 6) is 0.612. The fourth-order valence-corrected chi connectivity index (χ4v) is 4.01. The molecular weight excluding hydrogens is 400 g/mol. The van der Waals surface area contributed by atoms with E-state index in [1.807, 2.05) is 53.4 Å². The molecule has 0 spiro atoms. The first-order valence-corrected chi connectivity index (χ1v) is 10.5. The van der Waals surface area contributed by atoms with Crippen molar-refractivity contribution in [1.82, 2.24) is 15.6 Å². The Morgan fingerprint density at radius 1 is 1.20 bits per heavy atom. The fraction of sp³-hybridized carbons (Fsp3) is 0.227. The summed E-state index contributed by atoms with van der Waals surface area (Å²) in [6, 6.07) is 15.5. The number of hydrogen-bond donors (Lipinski definition) is 2. The second-order valence-corrected chi connectivity index (χ2v) is 7.75. The SMILES string of the molecule is COc1ccc(-c2nc(C(=O)NCc3ccc(N4CCNC(=O)C4)cc3)cs2)cc1. The van der Waals surface area contributed by atoms with E-state index in [1.165, 1.54) is 11.3 Å². The Bertz CT molecular complexity index is 1030. The number of carbonyl (C=O) groups is 2. The minimum absolute atomic E-state index is 0.0369. The molecule has 0 aliphatic carbocycles. The molecule has 0 saturated carbocycles. The molecule has 1 aromatic heterocycles. The molecule has 4 rings (SSSR count). The molecule has 2 amide bonds. The van der Waals surface area contributed by atoms with Crippen LogP contribution in [0, 0.1) is 0 Å².